The molecule has 0 heterocycles. The molecular weight excluding hydrogens is 268 g/mol. The zero-order valence-corrected chi connectivity index (χ0v) is 12.7. The van der Waals surface area contributed by atoms with Gasteiger partial charge in [-0.25, -0.2) is 4.79 Å². The Bertz CT molecular complexity index is 588. The third-order valence-corrected chi connectivity index (χ3v) is 4.15. The van der Waals surface area contributed by atoms with Crippen molar-refractivity contribution in [2.75, 3.05) is 7.11 Å². The lowest BCUT2D eigenvalue weighted by Crippen LogP contribution is -2.02. The van der Waals surface area contributed by atoms with Crippen LogP contribution in [-0.4, -0.2) is 13.1 Å². The predicted octanol–water partition coefficient (Wildman–Crippen LogP) is 4.75. The number of esters is 1. The van der Waals surface area contributed by atoms with E-state index in [9.17, 15) is 4.79 Å². The molecule has 0 aliphatic carbocycles. The van der Waals surface area contributed by atoms with Crippen molar-refractivity contribution in [2.45, 2.75) is 29.6 Å². The first kappa shape index (κ1) is 14.7. The van der Waals surface area contributed by atoms with E-state index in [-0.39, 0.29) is 5.97 Å². The fourth-order valence-corrected chi connectivity index (χ4v) is 2.82. The Balaban J connectivity index is 2.24. The summed E-state index contributed by atoms with van der Waals surface area (Å²) in [5.41, 5.74) is 1.92. The topological polar surface area (TPSA) is 26.3 Å². The van der Waals surface area contributed by atoms with Gasteiger partial charge in [0.2, 0.25) is 0 Å². The van der Waals surface area contributed by atoms with Gasteiger partial charge in [-0.3, -0.25) is 0 Å². The van der Waals surface area contributed by atoms with Gasteiger partial charge in [0, 0.05) is 9.79 Å². The summed E-state index contributed by atoms with van der Waals surface area (Å²) in [7, 11) is 1.40. The number of benzene rings is 2. The second-order valence-corrected chi connectivity index (χ2v) is 5.93. The highest BCUT2D eigenvalue weighted by atomic mass is 32.2. The number of ether oxygens (including phenoxy) is 1. The van der Waals surface area contributed by atoms with Crippen molar-refractivity contribution >= 4 is 17.7 Å². The van der Waals surface area contributed by atoms with Gasteiger partial charge >= 0.3 is 5.97 Å². The molecule has 0 bridgehead atoms. The Morgan fingerprint density at radius 3 is 2.30 bits per heavy atom. The van der Waals surface area contributed by atoms with Gasteiger partial charge in [0.15, 0.2) is 0 Å². The molecule has 0 N–H and O–H groups in total. The summed E-state index contributed by atoms with van der Waals surface area (Å²) in [6.45, 7) is 4.35. The Morgan fingerprint density at radius 2 is 1.70 bits per heavy atom. The van der Waals surface area contributed by atoms with Crippen LogP contribution in [0.15, 0.2) is 58.3 Å². The zero-order valence-electron chi connectivity index (χ0n) is 11.9. The third-order valence-electron chi connectivity index (χ3n) is 3.07. The monoisotopic (exact) mass is 286 g/mol. The van der Waals surface area contributed by atoms with E-state index in [4.69, 9.17) is 4.74 Å². The number of hydrogen-bond acceptors (Lipinski definition) is 3. The quantitative estimate of drug-likeness (QED) is 0.759. The van der Waals surface area contributed by atoms with Crippen molar-refractivity contribution < 1.29 is 9.53 Å². The van der Waals surface area contributed by atoms with E-state index in [1.807, 2.05) is 18.2 Å². The minimum atomic E-state index is -0.299. The average molecular weight is 286 g/mol. The molecule has 0 radical (unpaired) electrons. The average Bonchev–Trinajstić information content (AvgIpc) is 2.47. The van der Waals surface area contributed by atoms with Gasteiger partial charge in [0.1, 0.15) is 0 Å². The van der Waals surface area contributed by atoms with Crippen molar-refractivity contribution in [3.63, 3.8) is 0 Å². The molecule has 0 amide bonds. The number of hydrogen-bond donors (Lipinski definition) is 0. The van der Waals surface area contributed by atoms with Crippen LogP contribution in [0.1, 0.15) is 35.7 Å². The van der Waals surface area contributed by atoms with Crippen molar-refractivity contribution in [1.29, 1.82) is 0 Å². The Labute approximate surface area is 124 Å². The Kier molecular flexibility index (Phi) is 4.85. The van der Waals surface area contributed by atoms with Crippen LogP contribution in [0.3, 0.4) is 0 Å². The van der Waals surface area contributed by atoms with Gasteiger partial charge < -0.3 is 4.74 Å². The molecule has 3 heteroatoms. The second-order valence-electron chi connectivity index (χ2n) is 4.81. The minimum Gasteiger partial charge on any atom is -0.465 e. The molecule has 0 saturated heterocycles. The number of rotatable bonds is 4. The normalized spacial score (nSPS) is 10.6. The predicted molar refractivity (Wildman–Crippen MR) is 82.4 cm³/mol. The molecule has 0 aliphatic rings. The fraction of sp³-hybridized carbons (Fsp3) is 0.235. The molecule has 0 unspecified atom stereocenters. The van der Waals surface area contributed by atoms with Crippen molar-refractivity contribution in [3.05, 3.63) is 59.7 Å². The number of carbonyl (C=O) groups excluding carboxylic acids is 1. The van der Waals surface area contributed by atoms with Gasteiger partial charge in [-0.1, -0.05) is 49.9 Å². The molecule has 2 rings (SSSR count). The first-order chi connectivity index (χ1) is 9.61. The number of carbonyl (C=O) groups is 1. The van der Waals surface area contributed by atoms with Crippen LogP contribution < -0.4 is 0 Å². The van der Waals surface area contributed by atoms with Crippen LogP contribution in [0, 0.1) is 0 Å². The Hall–Kier alpha value is -1.74. The maximum atomic E-state index is 11.7. The van der Waals surface area contributed by atoms with E-state index in [1.165, 1.54) is 12.7 Å². The van der Waals surface area contributed by atoms with Crippen LogP contribution in [0.2, 0.25) is 0 Å². The first-order valence-corrected chi connectivity index (χ1v) is 7.38. The highest BCUT2D eigenvalue weighted by molar-refractivity contribution is 7.99. The van der Waals surface area contributed by atoms with Gasteiger partial charge in [0.05, 0.1) is 12.7 Å². The van der Waals surface area contributed by atoms with E-state index >= 15 is 0 Å². The summed E-state index contributed by atoms with van der Waals surface area (Å²) in [5.74, 6) is 0.225. The summed E-state index contributed by atoms with van der Waals surface area (Å²) in [6.07, 6.45) is 0. The van der Waals surface area contributed by atoms with Crippen molar-refractivity contribution in [1.82, 2.24) is 0 Å². The molecule has 0 saturated carbocycles. The minimum absolute atomic E-state index is 0.299. The lowest BCUT2D eigenvalue weighted by atomic mass is 10.0. The summed E-state index contributed by atoms with van der Waals surface area (Å²) >= 11 is 1.58. The molecular formula is C17H18O2S. The zero-order chi connectivity index (χ0) is 14.5. The highest BCUT2D eigenvalue weighted by Gasteiger charge is 2.12. The molecule has 0 aromatic heterocycles. The van der Waals surface area contributed by atoms with Crippen LogP contribution in [0.25, 0.3) is 0 Å². The van der Waals surface area contributed by atoms with Crippen LogP contribution in [-0.2, 0) is 4.74 Å². The van der Waals surface area contributed by atoms with Gasteiger partial charge in [-0.15, -0.1) is 0 Å². The number of methoxy groups -OCH3 is 1. The lowest BCUT2D eigenvalue weighted by molar-refractivity contribution is 0.0597. The van der Waals surface area contributed by atoms with Gasteiger partial charge in [-0.05, 0) is 35.7 Å². The standard InChI is InChI=1S/C17H18O2S/c1-12(2)13-8-10-14(11-9-13)20-16-7-5-4-6-15(16)17(18)19-3/h4-12H,1-3H3. The maximum Gasteiger partial charge on any atom is 0.339 e. The molecule has 0 spiro atoms. The smallest absolute Gasteiger partial charge is 0.339 e. The van der Waals surface area contributed by atoms with E-state index < -0.39 is 0 Å². The highest BCUT2D eigenvalue weighted by Crippen LogP contribution is 2.31. The molecule has 2 aromatic rings. The first-order valence-electron chi connectivity index (χ1n) is 6.57. The van der Waals surface area contributed by atoms with Crippen molar-refractivity contribution in [2.24, 2.45) is 0 Å². The second kappa shape index (κ2) is 6.62. The summed E-state index contributed by atoms with van der Waals surface area (Å²) in [4.78, 5) is 13.8. The van der Waals surface area contributed by atoms with Crippen molar-refractivity contribution in [3.8, 4) is 0 Å². The van der Waals surface area contributed by atoms with E-state index in [2.05, 4.69) is 38.1 Å². The Morgan fingerprint density at radius 1 is 1.05 bits per heavy atom. The summed E-state index contributed by atoms with van der Waals surface area (Å²) in [5, 5.41) is 0. The molecule has 104 valence electrons. The molecule has 0 atom stereocenters. The van der Waals surface area contributed by atoms with Crippen LogP contribution in [0.4, 0.5) is 0 Å². The maximum absolute atomic E-state index is 11.7. The summed E-state index contributed by atoms with van der Waals surface area (Å²) in [6, 6.07) is 15.9. The molecule has 20 heavy (non-hydrogen) atoms. The van der Waals surface area contributed by atoms with E-state index in [1.54, 1.807) is 17.8 Å². The fourth-order valence-electron chi connectivity index (χ4n) is 1.88. The molecule has 0 aliphatic heterocycles. The van der Waals surface area contributed by atoms with Gasteiger partial charge in [-0.2, -0.15) is 0 Å². The lowest BCUT2D eigenvalue weighted by Gasteiger charge is -2.09. The molecule has 0 fully saturated rings. The van der Waals surface area contributed by atoms with Crippen LogP contribution >= 0.6 is 11.8 Å². The van der Waals surface area contributed by atoms with Crippen LogP contribution in [0.5, 0.6) is 0 Å². The van der Waals surface area contributed by atoms with E-state index in [0.717, 1.165) is 9.79 Å². The molecule has 2 aromatic carbocycles. The summed E-state index contributed by atoms with van der Waals surface area (Å²) < 4.78 is 4.81. The molecule has 2 nitrogen and oxygen atoms in total. The largest absolute Gasteiger partial charge is 0.465 e. The van der Waals surface area contributed by atoms with Gasteiger partial charge in [0.25, 0.3) is 0 Å². The van der Waals surface area contributed by atoms with E-state index in [0.29, 0.717) is 11.5 Å². The SMILES string of the molecule is COC(=O)c1ccccc1Sc1ccc(C(C)C)cc1. The third kappa shape index (κ3) is 3.42.